The summed E-state index contributed by atoms with van der Waals surface area (Å²) in [5, 5.41) is 9.71. The van der Waals surface area contributed by atoms with E-state index in [-0.39, 0.29) is 12.1 Å². The predicted molar refractivity (Wildman–Crippen MR) is 98.7 cm³/mol. The molecule has 3 aliphatic heterocycles. The quantitative estimate of drug-likeness (QED) is 0.864. The third-order valence-corrected chi connectivity index (χ3v) is 5.49. The normalized spacial score (nSPS) is 26.4. The lowest BCUT2D eigenvalue weighted by atomic mass is 9.99. The Morgan fingerprint density at radius 2 is 2.12 bits per heavy atom. The lowest BCUT2D eigenvalue weighted by Crippen LogP contribution is -2.54. The first kappa shape index (κ1) is 17.8. The van der Waals surface area contributed by atoms with E-state index in [2.05, 4.69) is 11.0 Å². The number of nitrogens with zero attached hydrogens (tertiary/aromatic N) is 2. The van der Waals surface area contributed by atoms with E-state index in [0.717, 1.165) is 43.9 Å². The minimum absolute atomic E-state index is 0.0850. The van der Waals surface area contributed by atoms with E-state index in [1.54, 1.807) is 0 Å². The first-order chi connectivity index (χ1) is 12.5. The molecule has 0 radical (unpaired) electrons. The average Bonchev–Trinajstić information content (AvgIpc) is 2.95. The number of hydrogen-bond acceptors (Lipinski definition) is 5. The maximum absolute atomic E-state index is 11.0. The van der Waals surface area contributed by atoms with E-state index in [1.807, 2.05) is 23.1 Å². The van der Waals surface area contributed by atoms with Gasteiger partial charge in [-0.15, -0.1) is 0 Å². The Kier molecular flexibility index (Phi) is 4.92. The lowest BCUT2D eigenvalue weighted by molar-refractivity contribution is -0.138. The average molecular weight is 379 g/mol. The van der Waals surface area contributed by atoms with E-state index < -0.39 is 5.97 Å². The molecule has 0 aromatic heterocycles. The monoisotopic (exact) mass is 378 g/mol. The molecule has 1 unspecified atom stereocenters. The van der Waals surface area contributed by atoms with E-state index >= 15 is 0 Å². The van der Waals surface area contributed by atoms with Gasteiger partial charge in [-0.05, 0) is 36.3 Å². The van der Waals surface area contributed by atoms with E-state index in [4.69, 9.17) is 26.2 Å². The van der Waals surface area contributed by atoms with Gasteiger partial charge in [0.15, 0.2) is 0 Å². The van der Waals surface area contributed by atoms with Crippen LogP contribution in [0.1, 0.15) is 12.0 Å². The van der Waals surface area contributed by atoms with Gasteiger partial charge in [0.05, 0.1) is 18.8 Å². The summed E-state index contributed by atoms with van der Waals surface area (Å²) in [5.74, 6) is 0.0910. The molecule has 7 heteroatoms. The SMILES string of the molecule is O=C(O)CN1CCC2(C1)CN(CC1=Cc3cc(Cl)ccc3OC1)CCO2. The number of aliphatic carboxylic acids is 1. The summed E-state index contributed by atoms with van der Waals surface area (Å²) in [4.78, 5) is 15.3. The van der Waals surface area contributed by atoms with Crippen molar-refractivity contribution in [2.75, 3.05) is 52.5 Å². The fourth-order valence-corrected chi connectivity index (χ4v) is 4.31. The third kappa shape index (κ3) is 3.88. The number of carbonyl (C=O) groups is 1. The zero-order valence-electron chi connectivity index (χ0n) is 14.6. The van der Waals surface area contributed by atoms with Crippen molar-refractivity contribution in [2.45, 2.75) is 12.0 Å². The highest BCUT2D eigenvalue weighted by Gasteiger charge is 2.43. The highest BCUT2D eigenvalue weighted by atomic mass is 35.5. The predicted octanol–water partition coefficient (Wildman–Crippen LogP) is 1.98. The minimum atomic E-state index is -0.781. The second-order valence-electron chi connectivity index (χ2n) is 7.37. The maximum Gasteiger partial charge on any atom is 0.317 e. The topological polar surface area (TPSA) is 62.2 Å². The summed E-state index contributed by atoms with van der Waals surface area (Å²) in [6.07, 6.45) is 3.04. The number of carboxylic acids is 1. The molecule has 0 amide bonds. The highest BCUT2D eigenvalue weighted by molar-refractivity contribution is 6.30. The highest BCUT2D eigenvalue weighted by Crippen LogP contribution is 2.32. The van der Waals surface area contributed by atoms with Crippen LogP contribution >= 0.6 is 11.6 Å². The van der Waals surface area contributed by atoms with Gasteiger partial charge in [-0.2, -0.15) is 0 Å². The number of fused-ring (bicyclic) bond motifs is 1. The summed E-state index contributed by atoms with van der Waals surface area (Å²) in [6.45, 7) is 5.34. The van der Waals surface area contributed by atoms with Crippen LogP contribution in [0.15, 0.2) is 23.8 Å². The van der Waals surface area contributed by atoms with Crippen LogP contribution in [0.25, 0.3) is 6.08 Å². The number of benzene rings is 1. The van der Waals surface area contributed by atoms with Crippen molar-refractivity contribution in [3.8, 4) is 5.75 Å². The molecule has 1 N–H and O–H groups in total. The lowest BCUT2D eigenvalue weighted by Gasteiger charge is -2.41. The molecule has 1 spiro atoms. The van der Waals surface area contributed by atoms with Crippen LogP contribution in [0, 0.1) is 0 Å². The standard InChI is InChI=1S/C19H23ClN2O4/c20-16-1-2-17-15(8-16)7-14(11-25-17)9-22-5-6-26-19(13-22)3-4-21(12-19)10-18(23)24/h1-2,7-8H,3-6,9-13H2,(H,23,24). The Bertz CT molecular complexity index is 738. The van der Waals surface area contributed by atoms with E-state index in [9.17, 15) is 4.79 Å². The van der Waals surface area contributed by atoms with Crippen molar-refractivity contribution in [1.82, 2.24) is 9.80 Å². The molecule has 140 valence electrons. The van der Waals surface area contributed by atoms with Gasteiger partial charge in [0.2, 0.25) is 0 Å². The Balaban J connectivity index is 1.41. The van der Waals surface area contributed by atoms with Gasteiger partial charge in [-0.1, -0.05) is 11.6 Å². The number of carboxylic acid groups (broad SMARTS) is 1. The molecular weight excluding hydrogens is 356 g/mol. The number of rotatable bonds is 4. The van der Waals surface area contributed by atoms with Gasteiger partial charge in [-0.3, -0.25) is 14.6 Å². The molecule has 1 aromatic rings. The van der Waals surface area contributed by atoms with Gasteiger partial charge >= 0.3 is 5.97 Å². The summed E-state index contributed by atoms with van der Waals surface area (Å²) in [5.41, 5.74) is 2.00. The largest absolute Gasteiger partial charge is 0.489 e. The molecule has 4 rings (SSSR count). The Morgan fingerprint density at radius 1 is 1.27 bits per heavy atom. The van der Waals surface area contributed by atoms with Crippen LogP contribution in [0.5, 0.6) is 5.75 Å². The molecule has 26 heavy (non-hydrogen) atoms. The van der Waals surface area contributed by atoms with Crippen LogP contribution in [0.4, 0.5) is 0 Å². The maximum atomic E-state index is 11.0. The zero-order valence-corrected chi connectivity index (χ0v) is 15.4. The van der Waals surface area contributed by atoms with Crippen molar-refractivity contribution in [2.24, 2.45) is 0 Å². The molecular formula is C19H23ClN2O4. The zero-order chi connectivity index (χ0) is 18.1. The Morgan fingerprint density at radius 3 is 2.96 bits per heavy atom. The molecule has 2 saturated heterocycles. The first-order valence-corrected chi connectivity index (χ1v) is 9.31. The molecule has 0 aliphatic carbocycles. The second-order valence-corrected chi connectivity index (χ2v) is 7.81. The number of likely N-dealkylation sites (tertiary alicyclic amines) is 1. The fourth-order valence-electron chi connectivity index (χ4n) is 4.13. The molecule has 3 aliphatic rings. The minimum Gasteiger partial charge on any atom is -0.489 e. The van der Waals surface area contributed by atoms with Gasteiger partial charge in [0, 0.05) is 43.3 Å². The van der Waals surface area contributed by atoms with Crippen molar-refractivity contribution in [3.63, 3.8) is 0 Å². The third-order valence-electron chi connectivity index (χ3n) is 5.25. The summed E-state index contributed by atoms with van der Waals surface area (Å²) in [6, 6.07) is 5.68. The van der Waals surface area contributed by atoms with Crippen molar-refractivity contribution in [3.05, 3.63) is 34.4 Å². The molecule has 0 saturated carbocycles. The van der Waals surface area contributed by atoms with Crippen molar-refractivity contribution in [1.29, 1.82) is 0 Å². The van der Waals surface area contributed by atoms with Gasteiger partial charge in [-0.25, -0.2) is 0 Å². The molecule has 2 fully saturated rings. The van der Waals surface area contributed by atoms with Gasteiger partial charge in [0.25, 0.3) is 0 Å². The smallest absolute Gasteiger partial charge is 0.317 e. The summed E-state index contributed by atoms with van der Waals surface area (Å²) in [7, 11) is 0. The Labute approximate surface area is 157 Å². The summed E-state index contributed by atoms with van der Waals surface area (Å²) < 4.78 is 11.9. The number of morpholine rings is 1. The van der Waals surface area contributed by atoms with Crippen molar-refractivity contribution < 1.29 is 19.4 Å². The summed E-state index contributed by atoms with van der Waals surface area (Å²) >= 11 is 6.09. The van der Waals surface area contributed by atoms with Crippen LogP contribution in [0.3, 0.4) is 0 Å². The van der Waals surface area contributed by atoms with Crippen LogP contribution in [-0.4, -0.2) is 79.0 Å². The molecule has 1 atom stereocenters. The van der Waals surface area contributed by atoms with E-state index in [0.29, 0.717) is 24.8 Å². The fraction of sp³-hybridized carbons (Fsp3) is 0.526. The van der Waals surface area contributed by atoms with Crippen LogP contribution in [0.2, 0.25) is 5.02 Å². The first-order valence-electron chi connectivity index (χ1n) is 8.94. The van der Waals surface area contributed by atoms with Crippen molar-refractivity contribution >= 4 is 23.6 Å². The number of hydrogen-bond donors (Lipinski definition) is 1. The molecule has 1 aromatic carbocycles. The second kappa shape index (κ2) is 7.19. The molecule has 0 bridgehead atoms. The van der Waals surface area contributed by atoms with Crippen LogP contribution < -0.4 is 4.74 Å². The van der Waals surface area contributed by atoms with E-state index in [1.165, 1.54) is 5.57 Å². The van der Waals surface area contributed by atoms with Gasteiger partial charge in [0.1, 0.15) is 12.4 Å². The van der Waals surface area contributed by atoms with Crippen LogP contribution in [-0.2, 0) is 9.53 Å². The number of halogens is 1. The molecule has 3 heterocycles. The Hall–Kier alpha value is -1.60. The number of ether oxygens (including phenoxy) is 2. The molecule has 6 nitrogen and oxygen atoms in total. The van der Waals surface area contributed by atoms with Gasteiger partial charge < -0.3 is 14.6 Å².